The number of fused-ring (bicyclic) bond motifs is 1. The fraction of sp³-hybridized carbons (Fsp3) is 0.129. The van der Waals surface area contributed by atoms with Gasteiger partial charge in [0.15, 0.2) is 11.5 Å². The number of anilines is 1. The van der Waals surface area contributed by atoms with Crippen LogP contribution in [0.1, 0.15) is 22.3 Å². The van der Waals surface area contributed by atoms with Crippen molar-refractivity contribution in [2.45, 2.75) is 20.5 Å². The molecule has 0 radical (unpaired) electrons. The summed E-state index contributed by atoms with van der Waals surface area (Å²) < 4.78 is 12.6. The highest BCUT2D eigenvalue weighted by Gasteiger charge is 2.37. The van der Waals surface area contributed by atoms with Crippen molar-refractivity contribution in [2.75, 3.05) is 12.0 Å². The van der Waals surface area contributed by atoms with E-state index < -0.39 is 17.8 Å². The minimum absolute atomic E-state index is 0.158. The van der Waals surface area contributed by atoms with Crippen molar-refractivity contribution in [1.82, 2.24) is 5.32 Å². The van der Waals surface area contributed by atoms with Crippen molar-refractivity contribution >= 4 is 63.0 Å². The minimum atomic E-state index is -0.785. The largest absolute Gasteiger partial charge is 0.493 e. The monoisotopic (exact) mass is 632 g/mol. The Morgan fingerprint density at radius 2 is 1.74 bits per heavy atom. The number of ether oxygens (including phenoxy) is 2. The highest BCUT2D eigenvalue weighted by atomic mass is 127. The van der Waals surface area contributed by atoms with E-state index in [0.29, 0.717) is 29.4 Å². The van der Waals surface area contributed by atoms with Crippen molar-refractivity contribution < 1.29 is 23.9 Å². The predicted molar refractivity (Wildman–Crippen MR) is 159 cm³/mol. The number of amides is 4. The molecule has 1 N–H and O–H groups in total. The average molecular weight is 632 g/mol. The van der Waals surface area contributed by atoms with E-state index in [9.17, 15) is 14.4 Å². The van der Waals surface area contributed by atoms with Gasteiger partial charge in [0.25, 0.3) is 11.8 Å². The van der Waals surface area contributed by atoms with E-state index in [1.165, 1.54) is 13.2 Å². The van der Waals surface area contributed by atoms with E-state index in [0.717, 1.165) is 35.9 Å². The summed E-state index contributed by atoms with van der Waals surface area (Å²) in [6.45, 7) is 4.26. The molecule has 1 heterocycles. The highest BCUT2D eigenvalue weighted by molar-refractivity contribution is 14.1. The lowest BCUT2D eigenvalue weighted by Gasteiger charge is -2.26. The van der Waals surface area contributed by atoms with Crippen LogP contribution in [0.15, 0.2) is 78.4 Å². The standard InChI is InChI=1S/C31H25IN2O5/c1-18-7-6-9-22(13-18)34-30(36)24(29(35)33-31(34)37)14-20-15-26(32)28(27(16-20)38-3)39-17-25-19(2)11-12-21-8-4-5-10-23(21)25/h4-16H,17H2,1-3H3,(H,33,35,37)/b24-14+. The van der Waals surface area contributed by atoms with E-state index in [1.807, 2.05) is 25.1 Å². The van der Waals surface area contributed by atoms with Crippen molar-refractivity contribution in [1.29, 1.82) is 0 Å². The van der Waals surface area contributed by atoms with Crippen molar-refractivity contribution in [3.8, 4) is 11.5 Å². The third-order valence-corrected chi connectivity index (χ3v) is 7.36. The zero-order chi connectivity index (χ0) is 27.7. The molecule has 1 fully saturated rings. The molecule has 1 saturated heterocycles. The topological polar surface area (TPSA) is 84.9 Å². The van der Waals surface area contributed by atoms with Crippen molar-refractivity contribution in [3.63, 3.8) is 0 Å². The van der Waals surface area contributed by atoms with Gasteiger partial charge in [-0.05, 0) is 94.2 Å². The molecule has 5 rings (SSSR count). The van der Waals surface area contributed by atoms with E-state index in [-0.39, 0.29) is 5.57 Å². The van der Waals surface area contributed by atoms with Crippen LogP contribution in [-0.2, 0) is 16.2 Å². The van der Waals surface area contributed by atoms with Crippen LogP contribution in [0.3, 0.4) is 0 Å². The molecule has 1 aliphatic rings. The number of urea groups is 1. The molecular formula is C31H25IN2O5. The number of hydrogen-bond acceptors (Lipinski definition) is 5. The second kappa shape index (κ2) is 10.9. The van der Waals surface area contributed by atoms with Crippen molar-refractivity contribution in [2.24, 2.45) is 0 Å². The summed E-state index contributed by atoms with van der Waals surface area (Å²) in [5.74, 6) is -0.435. The van der Waals surface area contributed by atoms with Gasteiger partial charge in [-0.25, -0.2) is 9.69 Å². The normalized spacial score (nSPS) is 14.6. The molecule has 4 aromatic carbocycles. The van der Waals surface area contributed by atoms with Crippen LogP contribution >= 0.6 is 22.6 Å². The first-order chi connectivity index (χ1) is 18.8. The second-order valence-electron chi connectivity index (χ2n) is 9.20. The molecule has 0 aromatic heterocycles. The van der Waals surface area contributed by atoms with E-state index in [4.69, 9.17) is 9.47 Å². The number of aryl methyl sites for hydroxylation is 2. The zero-order valence-corrected chi connectivity index (χ0v) is 23.7. The first-order valence-corrected chi connectivity index (χ1v) is 13.3. The number of carbonyl (C=O) groups excluding carboxylic acids is 3. The van der Waals surface area contributed by atoms with Crippen LogP contribution in [-0.4, -0.2) is 25.0 Å². The van der Waals surface area contributed by atoms with E-state index in [2.05, 4.69) is 59.1 Å². The summed E-state index contributed by atoms with van der Waals surface area (Å²) in [5, 5.41) is 4.53. The molecule has 1 aliphatic heterocycles. The number of carbonyl (C=O) groups is 3. The van der Waals surface area contributed by atoms with Gasteiger partial charge >= 0.3 is 6.03 Å². The number of benzene rings is 4. The van der Waals surface area contributed by atoms with Gasteiger partial charge in [-0.3, -0.25) is 14.9 Å². The zero-order valence-electron chi connectivity index (χ0n) is 21.6. The summed E-state index contributed by atoms with van der Waals surface area (Å²) in [6.07, 6.45) is 1.45. The van der Waals surface area contributed by atoms with Gasteiger partial charge in [0, 0.05) is 5.56 Å². The van der Waals surface area contributed by atoms with Gasteiger partial charge in [-0.2, -0.15) is 0 Å². The van der Waals surface area contributed by atoms with Gasteiger partial charge in [-0.1, -0.05) is 48.5 Å². The van der Waals surface area contributed by atoms with Crippen LogP contribution in [0, 0.1) is 17.4 Å². The molecule has 196 valence electrons. The van der Waals surface area contributed by atoms with Crippen LogP contribution in [0.2, 0.25) is 0 Å². The number of nitrogens with zero attached hydrogens (tertiary/aromatic N) is 1. The number of imide groups is 2. The van der Waals surface area contributed by atoms with Gasteiger partial charge in [0.2, 0.25) is 0 Å². The number of barbiturate groups is 1. The Bertz CT molecular complexity index is 1680. The number of halogens is 1. The number of methoxy groups -OCH3 is 1. The maximum absolute atomic E-state index is 13.3. The minimum Gasteiger partial charge on any atom is -0.493 e. The van der Waals surface area contributed by atoms with Gasteiger partial charge in [-0.15, -0.1) is 0 Å². The Morgan fingerprint density at radius 3 is 2.51 bits per heavy atom. The summed E-state index contributed by atoms with van der Waals surface area (Å²) in [4.78, 5) is 39.4. The smallest absolute Gasteiger partial charge is 0.335 e. The fourth-order valence-corrected chi connectivity index (χ4v) is 5.35. The molecule has 8 heteroatoms. The molecule has 4 aromatic rings. The molecule has 0 unspecified atom stereocenters. The van der Waals surface area contributed by atoms with Gasteiger partial charge in [0.1, 0.15) is 12.2 Å². The summed E-state index contributed by atoms with van der Waals surface area (Å²) in [7, 11) is 1.54. The Labute approximate surface area is 239 Å². The predicted octanol–water partition coefficient (Wildman–Crippen LogP) is 6.32. The third-order valence-electron chi connectivity index (χ3n) is 6.56. The van der Waals surface area contributed by atoms with Gasteiger partial charge < -0.3 is 9.47 Å². The Morgan fingerprint density at radius 1 is 0.949 bits per heavy atom. The molecule has 0 atom stereocenters. The third kappa shape index (κ3) is 5.24. The maximum atomic E-state index is 13.3. The quantitative estimate of drug-likeness (QED) is 0.153. The lowest BCUT2D eigenvalue weighted by Crippen LogP contribution is -2.54. The second-order valence-corrected chi connectivity index (χ2v) is 10.4. The fourth-order valence-electron chi connectivity index (χ4n) is 4.57. The van der Waals surface area contributed by atoms with Crippen LogP contribution in [0.5, 0.6) is 11.5 Å². The molecule has 0 spiro atoms. The highest BCUT2D eigenvalue weighted by Crippen LogP contribution is 2.36. The van der Waals surface area contributed by atoms with E-state index in [1.54, 1.807) is 30.3 Å². The Hall–Kier alpha value is -4.18. The Kier molecular flexibility index (Phi) is 7.38. The summed E-state index contributed by atoms with van der Waals surface area (Å²) in [6, 6.07) is 22.0. The SMILES string of the molecule is COc1cc(/C=C2\C(=O)NC(=O)N(c3cccc(C)c3)C2=O)cc(I)c1OCc1c(C)ccc2ccccc12. The molecular weight excluding hydrogens is 607 g/mol. The van der Waals surface area contributed by atoms with Crippen LogP contribution in [0.25, 0.3) is 16.8 Å². The molecule has 0 aliphatic carbocycles. The number of hydrogen-bond donors (Lipinski definition) is 1. The molecule has 39 heavy (non-hydrogen) atoms. The van der Waals surface area contributed by atoms with Crippen LogP contribution < -0.4 is 19.7 Å². The van der Waals surface area contributed by atoms with Gasteiger partial charge in [0.05, 0.1) is 16.4 Å². The summed E-state index contributed by atoms with van der Waals surface area (Å²) >= 11 is 2.15. The molecule has 4 amide bonds. The molecule has 7 nitrogen and oxygen atoms in total. The van der Waals surface area contributed by atoms with Crippen molar-refractivity contribution in [3.05, 3.63) is 104 Å². The number of rotatable bonds is 6. The molecule has 0 saturated carbocycles. The lowest BCUT2D eigenvalue weighted by atomic mass is 10.0. The number of nitrogens with one attached hydrogen (secondary N) is 1. The lowest BCUT2D eigenvalue weighted by molar-refractivity contribution is -0.122. The first kappa shape index (κ1) is 26.4. The summed E-state index contributed by atoms with van der Waals surface area (Å²) in [5.41, 5.74) is 3.87. The van der Waals surface area contributed by atoms with E-state index >= 15 is 0 Å². The molecule has 0 bridgehead atoms. The van der Waals surface area contributed by atoms with Crippen LogP contribution in [0.4, 0.5) is 10.5 Å². The average Bonchev–Trinajstić information content (AvgIpc) is 2.91. The Balaban J connectivity index is 1.46. The first-order valence-electron chi connectivity index (χ1n) is 12.2. The maximum Gasteiger partial charge on any atom is 0.335 e.